The lowest BCUT2D eigenvalue weighted by Gasteiger charge is -2.12. The van der Waals surface area contributed by atoms with Gasteiger partial charge in [0.05, 0.1) is 0 Å². The average Bonchev–Trinajstić information content (AvgIpc) is 2.87. The molecule has 1 fully saturated rings. The third kappa shape index (κ3) is 3.40. The SMILES string of the molecule is Cl.O=C(NCC1CCCN1)c1c(F)c(F)cc(F)c1F. The van der Waals surface area contributed by atoms with Gasteiger partial charge in [-0.15, -0.1) is 12.4 Å². The quantitative estimate of drug-likeness (QED) is 0.663. The van der Waals surface area contributed by atoms with Crippen LogP contribution < -0.4 is 10.6 Å². The topological polar surface area (TPSA) is 41.1 Å². The molecular formula is C12H13ClF4N2O. The van der Waals surface area contributed by atoms with E-state index in [4.69, 9.17) is 0 Å². The molecule has 1 saturated heterocycles. The smallest absolute Gasteiger partial charge is 0.257 e. The van der Waals surface area contributed by atoms with Crippen LogP contribution in [-0.4, -0.2) is 25.0 Å². The van der Waals surface area contributed by atoms with Crippen LogP contribution in [0.2, 0.25) is 0 Å². The number of carbonyl (C=O) groups is 1. The fourth-order valence-electron chi connectivity index (χ4n) is 2.01. The van der Waals surface area contributed by atoms with Gasteiger partial charge >= 0.3 is 0 Å². The highest BCUT2D eigenvalue weighted by atomic mass is 35.5. The van der Waals surface area contributed by atoms with Crippen molar-refractivity contribution in [2.24, 2.45) is 0 Å². The standard InChI is InChI=1S/C12H12F4N2O.ClH/c13-7-4-8(14)11(16)9(10(7)15)12(19)18-5-6-2-1-3-17-6;/h4,6,17H,1-3,5H2,(H,18,19);1H. The Bertz CT molecular complexity index is 480. The van der Waals surface area contributed by atoms with Crippen LogP contribution in [0, 0.1) is 23.3 Å². The van der Waals surface area contributed by atoms with Crippen LogP contribution in [0.15, 0.2) is 6.07 Å². The summed E-state index contributed by atoms with van der Waals surface area (Å²) >= 11 is 0. The average molecular weight is 313 g/mol. The minimum absolute atomic E-state index is 0. The molecule has 20 heavy (non-hydrogen) atoms. The Kier molecular flexibility index (Phi) is 5.76. The van der Waals surface area contributed by atoms with Gasteiger partial charge in [0, 0.05) is 18.7 Å². The molecule has 0 saturated carbocycles. The van der Waals surface area contributed by atoms with Crippen molar-refractivity contribution >= 4 is 18.3 Å². The summed E-state index contributed by atoms with van der Waals surface area (Å²) in [7, 11) is 0. The van der Waals surface area contributed by atoms with Gasteiger partial charge in [0.2, 0.25) is 0 Å². The maximum atomic E-state index is 13.3. The minimum atomic E-state index is -1.68. The van der Waals surface area contributed by atoms with Crippen molar-refractivity contribution < 1.29 is 22.4 Å². The van der Waals surface area contributed by atoms with Crippen molar-refractivity contribution in [3.8, 4) is 0 Å². The van der Waals surface area contributed by atoms with Gasteiger partial charge in [0.15, 0.2) is 23.3 Å². The van der Waals surface area contributed by atoms with E-state index >= 15 is 0 Å². The van der Waals surface area contributed by atoms with Gasteiger partial charge < -0.3 is 10.6 Å². The summed E-state index contributed by atoms with van der Waals surface area (Å²) < 4.78 is 52.6. The van der Waals surface area contributed by atoms with E-state index in [1.165, 1.54) is 0 Å². The molecule has 1 heterocycles. The first-order valence-electron chi connectivity index (χ1n) is 5.85. The molecule has 1 unspecified atom stereocenters. The van der Waals surface area contributed by atoms with Gasteiger partial charge in [-0.1, -0.05) is 0 Å². The van der Waals surface area contributed by atoms with Crippen molar-refractivity contribution in [2.45, 2.75) is 18.9 Å². The molecule has 1 aromatic carbocycles. The molecule has 1 aromatic rings. The summed E-state index contributed by atoms with van der Waals surface area (Å²) in [5.74, 6) is -7.72. The first-order chi connectivity index (χ1) is 9.00. The number of halogens is 5. The molecule has 1 atom stereocenters. The van der Waals surface area contributed by atoms with Gasteiger partial charge in [-0.25, -0.2) is 17.6 Å². The fourth-order valence-corrected chi connectivity index (χ4v) is 2.01. The van der Waals surface area contributed by atoms with Crippen molar-refractivity contribution in [2.75, 3.05) is 13.1 Å². The molecule has 0 radical (unpaired) electrons. The van der Waals surface area contributed by atoms with Crippen LogP contribution in [0.4, 0.5) is 17.6 Å². The van der Waals surface area contributed by atoms with Gasteiger partial charge in [0.1, 0.15) is 5.56 Å². The molecule has 1 aliphatic heterocycles. The van der Waals surface area contributed by atoms with Crippen molar-refractivity contribution in [3.63, 3.8) is 0 Å². The Labute approximate surface area is 119 Å². The highest BCUT2D eigenvalue weighted by Gasteiger charge is 2.25. The number of benzene rings is 1. The third-order valence-corrected chi connectivity index (χ3v) is 3.01. The molecule has 8 heteroatoms. The van der Waals surface area contributed by atoms with Crippen molar-refractivity contribution in [1.82, 2.24) is 10.6 Å². The highest BCUT2D eigenvalue weighted by Crippen LogP contribution is 2.19. The van der Waals surface area contributed by atoms with E-state index in [2.05, 4.69) is 10.6 Å². The molecular weight excluding hydrogens is 300 g/mol. The number of rotatable bonds is 3. The molecule has 2 N–H and O–H groups in total. The minimum Gasteiger partial charge on any atom is -0.350 e. The van der Waals surface area contributed by atoms with E-state index in [1.54, 1.807) is 0 Å². The Morgan fingerprint density at radius 2 is 1.85 bits per heavy atom. The van der Waals surface area contributed by atoms with Crippen LogP contribution >= 0.6 is 12.4 Å². The Hall–Kier alpha value is -1.34. The lowest BCUT2D eigenvalue weighted by Crippen LogP contribution is -2.38. The third-order valence-electron chi connectivity index (χ3n) is 3.01. The zero-order valence-electron chi connectivity index (χ0n) is 10.3. The van der Waals surface area contributed by atoms with Crippen LogP contribution in [0.25, 0.3) is 0 Å². The molecule has 0 bridgehead atoms. The first-order valence-corrected chi connectivity index (χ1v) is 5.85. The van der Waals surface area contributed by atoms with Crippen molar-refractivity contribution in [3.05, 3.63) is 34.9 Å². The van der Waals surface area contributed by atoms with Crippen molar-refractivity contribution in [1.29, 1.82) is 0 Å². The summed E-state index contributed by atoms with van der Waals surface area (Å²) in [6.45, 7) is 0.952. The lowest BCUT2D eigenvalue weighted by atomic mass is 10.1. The summed E-state index contributed by atoms with van der Waals surface area (Å²) in [4.78, 5) is 11.6. The van der Waals surface area contributed by atoms with Gasteiger partial charge in [-0.05, 0) is 19.4 Å². The number of hydrogen-bond donors (Lipinski definition) is 2. The fraction of sp³-hybridized carbons (Fsp3) is 0.417. The lowest BCUT2D eigenvalue weighted by molar-refractivity contribution is 0.0939. The van der Waals surface area contributed by atoms with Crippen LogP contribution in [0.3, 0.4) is 0 Å². The molecule has 1 amide bonds. The van der Waals surface area contributed by atoms with Gasteiger partial charge in [-0.3, -0.25) is 4.79 Å². The number of carbonyl (C=O) groups excluding carboxylic acids is 1. The van der Waals surface area contributed by atoms with E-state index in [-0.39, 0.29) is 31.1 Å². The second kappa shape index (κ2) is 6.90. The second-order valence-corrected chi connectivity index (χ2v) is 4.35. The molecule has 0 aromatic heterocycles. The molecule has 1 aliphatic rings. The molecule has 112 valence electrons. The predicted molar refractivity (Wildman–Crippen MR) is 66.9 cm³/mol. The largest absolute Gasteiger partial charge is 0.350 e. The highest BCUT2D eigenvalue weighted by molar-refractivity contribution is 5.94. The number of amides is 1. The van der Waals surface area contributed by atoms with Gasteiger partial charge in [0.25, 0.3) is 5.91 Å². The molecule has 0 spiro atoms. The van der Waals surface area contributed by atoms with Crippen LogP contribution in [-0.2, 0) is 0 Å². The summed E-state index contributed by atoms with van der Waals surface area (Å²) in [5, 5.41) is 5.33. The maximum absolute atomic E-state index is 13.3. The van der Waals surface area contributed by atoms with Gasteiger partial charge in [-0.2, -0.15) is 0 Å². The van der Waals surface area contributed by atoms with Crippen LogP contribution in [0.1, 0.15) is 23.2 Å². The maximum Gasteiger partial charge on any atom is 0.257 e. The molecule has 3 nitrogen and oxygen atoms in total. The molecule has 2 rings (SSSR count). The summed E-state index contributed by atoms with van der Waals surface area (Å²) in [6, 6.07) is 0.0773. The number of nitrogens with one attached hydrogen (secondary N) is 2. The van der Waals surface area contributed by atoms with E-state index in [1.807, 2.05) is 0 Å². The van der Waals surface area contributed by atoms with E-state index in [0.29, 0.717) is 0 Å². The van der Waals surface area contributed by atoms with E-state index in [0.717, 1.165) is 19.4 Å². The second-order valence-electron chi connectivity index (χ2n) is 4.35. The summed E-state index contributed by atoms with van der Waals surface area (Å²) in [6.07, 6.45) is 1.76. The Morgan fingerprint density at radius 3 is 2.35 bits per heavy atom. The van der Waals surface area contributed by atoms with Crippen LogP contribution in [0.5, 0.6) is 0 Å². The first kappa shape index (κ1) is 16.7. The molecule has 0 aliphatic carbocycles. The zero-order valence-corrected chi connectivity index (χ0v) is 11.1. The monoisotopic (exact) mass is 312 g/mol. The summed E-state index contributed by atoms with van der Waals surface area (Å²) in [5.41, 5.74) is -1.23. The van der Waals surface area contributed by atoms with E-state index < -0.39 is 34.7 Å². The zero-order chi connectivity index (χ0) is 14.0. The normalized spacial score (nSPS) is 17.7. The Morgan fingerprint density at radius 1 is 1.25 bits per heavy atom. The Balaban J connectivity index is 0.00000200. The number of hydrogen-bond acceptors (Lipinski definition) is 2. The predicted octanol–water partition coefficient (Wildman–Crippen LogP) is 2.15. The van der Waals surface area contributed by atoms with E-state index in [9.17, 15) is 22.4 Å².